The van der Waals surface area contributed by atoms with Crippen molar-refractivity contribution < 1.29 is 17.9 Å². The molecule has 0 aromatic carbocycles. The van der Waals surface area contributed by atoms with Gasteiger partial charge in [0.25, 0.3) is 0 Å². The first-order valence-corrected chi connectivity index (χ1v) is 2.64. The Morgan fingerprint density at radius 2 is 1.91 bits per heavy atom. The lowest BCUT2D eigenvalue weighted by Crippen LogP contribution is -2.28. The number of alkyl halides is 3. The lowest BCUT2D eigenvalue weighted by Gasteiger charge is -2.06. The molecule has 0 aromatic heterocycles. The van der Waals surface area contributed by atoms with Crippen LogP contribution >= 0.6 is 12.4 Å². The first-order valence-electron chi connectivity index (χ1n) is 2.64. The highest BCUT2D eigenvalue weighted by Gasteiger charge is 2.26. The Bertz CT molecular complexity index is 89.9. The van der Waals surface area contributed by atoms with Crippen LogP contribution < -0.4 is 11.3 Å². The molecule has 0 spiro atoms. The van der Waals surface area contributed by atoms with Crippen molar-refractivity contribution in [2.75, 3.05) is 19.8 Å². The van der Waals surface area contributed by atoms with Gasteiger partial charge in [0.05, 0.1) is 6.61 Å². The van der Waals surface area contributed by atoms with Crippen molar-refractivity contribution in [1.82, 2.24) is 5.43 Å². The number of nitrogens with two attached hydrogens (primary N) is 1. The van der Waals surface area contributed by atoms with E-state index in [1.165, 1.54) is 0 Å². The molecule has 0 aliphatic rings. The van der Waals surface area contributed by atoms with Crippen molar-refractivity contribution >= 4 is 12.4 Å². The molecule has 0 aliphatic heterocycles. The normalized spacial score (nSPS) is 10.9. The molecule has 70 valence electrons. The first kappa shape index (κ1) is 13.5. The zero-order valence-corrected chi connectivity index (χ0v) is 6.47. The first-order chi connectivity index (χ1) is 4.56. The second-order valence-electron chi connectivity index (χ2n) is 1.62. The van der Waals surface area contributed by atoms with Crippen LogP contribution in [0.15, 0.2) is 0 Å². The van der Waals surface area contributed by atoms with Crippen LogP contribution in [-0.2, 0) is 4.74 Å². The van der Waals surface area contributed by atoms with Gasteiger partial charge in [-0.05, 0) is 0 Å². The Balaban J connectivity index is 0. The van der Waals surface area contributed by atoms with Gasteiger partial charge in [-0.2, -0.15) is 13.2 Å². The van der Waals surface area contributed by atoms with Gasteiger partial charge in [0.15, 0.2) is 0 Å². The molecule has 0 aliphatic carbocycles. The van der Waals surface area contributed by atoms with Crippen molar-refractivity contribution in [3.63, 3.8) is 0 Å². The molecule has 0 aromatic rings. The molecule has 3 N–H and O–H groups in total. The minimum Gasteiger partial charge on any atom is -0.371 e. The van der Waals surface area contributed by atoms with Crippen LogP contribution in [0.3, 0.4) is 0 Å². The van der Waals surface area contributed by atoms with Gasteiger partial charge in [-0.25, -0.2) is 0 Å². The zero-order chi connectivity index (χ0) is 8.04. The maximum absolute atomic E-state index is 11.3. The summed E-state index contributed by atoms with van der Waals surface area (Å²) in [5, 5.41) is 0. The Hall–Kier alpha value is -0.0400. The molecule has 7 heteroatoms. The molecule has 11 heavy (non-hydrogen) atoms. The monoisotopic (exact) mass is 194 g/mol. The van der Waals surface area contributed by atoms with E-state index in [0.717, 1.165) is 0 Å². The van der Waals surface area contributed by atoms with E-state index in [2.05, 4.69) is 10.2 Å². The minimum absolute atomic E-state index is 0. The third kappa shape index (κ3) is 13.0. The summed E-state index contributed by atoms with van der Waals surface area (Å²) in [7, 11) is 0. The maximum Gasteiger partial charge on any atom is 0.411 e. The van der Waals surface area contributed by atoms with Crippen LogP contribution in [0.1, 0.15) is 0 Å². The molecule has 3 nitrogen and oxygen atoms in total. The molecule has 0 bridgehead atoms. The standard InChI is InChI=1S/C4H9F3N2O.ClH/c5-4(6,7)3-10-2-1-9-8;/h9H,1-3,8H2;1H. The van der Waals surface area contributed by atoms with Crippen molar-refractivity contribution in [1.29, 1.82) is 0 Å². The average Bonchev–Trinajstić information content (AvgIpc) is 1.78. The van der Waals surface area contributed by atoms with Crippen LogP contribution in [0.5, 0.6) is 0 Å². The summed E-state index contributed by atoms with van der Waals surface area (Å²) in [6.07, 6.45) is -4.24. The van der Waals surface area contributed by atoms with E-state index in [4.69, 9.17) is 5.84 Å². The summed E-state index contributed by atoms with van der Waals surface area (Å²) >= 11 is 0. The lowest BCUT2D eigenvalue weighted by atomic mass is 10.7. The second kappa shape index (κ2) is 6.66. The lowest BCUT2D eigenvalue weighted by molar-refractivity contribution is -0.173. The minimum atomic E-state index is -4.24. The fourth-order valence-corrected chi connectivity index (χ4v) is 0.319. The van der Waals surface area contributed by atoms with Crippen molar-refractivity contribution in [3.8, 4) is 0 Å². The Kier molecular flexibility index (Phi) is 8.20. The fraction of sp³-hybridized carbons (Fsp3) is 1.00. The van der Waals surface area contributed by atoms with Crippen LogP contribution in [-0.4, -0.2) is 25.9 Å². The van der Waals surface area contributed by atoms with E-state index in [9.17, 15) is 13.2 Å². The predicted octanol–water partition coefficient (Wildman–Crippen LogP) is 0.450. The van der Waals surface area contributed by atoms with Gasteiger partial charge >= 0.3 is 6.18 Å². The van der Waals surface area contributed by atoms with Gasteiger partial charge in [0.2, 0.25) is 0 Å². The average molecular weight is 195 g/mol. The van der Waals surface area contributed by atoms with E-state index in [0.29, 0.717) is 0 Å². The second-order valence-corrected chi connectivity index (χ2v) is 1.62. The molecule has 0 radical (unpaired) electrons. The quantitative estimate of drug-likeness (QED) is 0.388. The molecule has 0 atom stereocenters. The number of halogens is 4. The number of hydrogen-bond acceptors (Lipinski definition) is 3. The fourth-order valence-electron chi connectivity index (χ4n) is 0.319. The van der Waals surface area contributed by atoms with E-state index in [1.54, 1.807) is 0 Å². The van der Waals surface area contributed by atoms with Crippen LogP contribution in [0, 0.1) is 0 Å². The van der Waals surface area contributed by atoms with Crippen molar-refractivity contribution in [2.45, 2.75) is 6.18 Å². The van der Waals surface area contributed by atoms with E-state index in [1.807, 2.05) is 0 Å². The van der Waals surface area contributed by atoms with Gasteiger partial charge in [0.1, 0.15) is 6.61 Å². The van der Waals surface area contributed by atoms with Crippen molar-refractivity contribution in [2.24, 2.45) is 5.84 Å². The predicted molar refractivity (Wildman–Crippen MR) is 36.3 cm³/mol. The molecule has 0 heterocycles. The van der Waals surface area contributed by atoms with Gasteiger partial charge in [0, 0.05) is 6.54 Å². The molecule has 0 amide bonds. The topological polar surface area (TPSA) is 47.3 Å². The van der Waals surface area contributed by atoms with E-state index < -0.39 is 12.8 Å². The highest BCUT2D eigenvalue weighted by atomic mass is 35.5. The van der Waals surface area contributed by atoms with Gasteiger partial charge in [-0.1, -0.05) is 0 Å². The number of rotatable bonds is 4. The molecule has 0 saturated carbocycles. The van der Waals surface area contributed by atoms with E-state index >= 15 is 0 Å². The van der Waals surface area contributed by atoms with Crippen LogP contribution in [0.2, 0.25) is 0 Å². The molecule has 0 fully saturated rings. The molecular formula is C4H10ClF3N2O. The van der Waals surface area contributed by atoms with Gasteiger partial charge in [-0.15, -0.1) is 12.4 Å². The SMILES string of the molecule is Cl.NNCCOCC(F)(F)F. The largest absolute Gasteiger partial charge is 0.411 e. The number of ether oxygens (including phenoxy) is 1. The highest BCUT2D eigenvalue weighted by Crippen LogP contribution is 2.13. The highest BCUT2D eigenvalue weighted by molar-refractivity contribution is 5.85. The summed E-state index contributed by atoms with van der Waals surface area (Å²) < 4.78 is 38.1. The molecule has 0 unspecified atom stereocenters. The van der Waals surface area contributed by atoms with Crippen LogP contribution in [0.4, 0.5) is 13.2 Å². The number of nitrogens with one attached hydrogen (secondary N) is 1. The Morgan fingerprint density at radius 3 is 2.27 bits per heavy atom. The Morgan fingerprint density at radius 1 is 1.36 bits per heavy atom. The molecule has 0 saturated heterocycles. The van der Waals surface area contributed by atoms with Crippen molar-refractivity contribution in [3.05, 3.63) is 0 Å². The third-order valence-corrected chi connectivity index (χ3v) is 0.656. The third-order valence-electron chi connectivity index (χ3n) is 0.656. The summed E-state index contributed by atoms with van der Waals surface area (Å²) in [6.45, 7) is -1.03. The van der Waals surface area contributed by atoms with Gasteiger partial charge in [-0.3, -0.25) is 11.3 Å². The molecular weight excluding hydrogens is 185 g/mol. The smallest absolute Gasteiger partial charge is 0.371 e. The van der Waals surface area contributed by atoms with Gasteiger partial charge < -0.3 is 4.74 Å². The summed E-state index contributed by atoms with van der Waals surface area (Å²) in [6, 6.07) is 0. The number of hydrazine groups is 1. The molecule has 0 rings (SSSR count). The summed E-state index contributed by atoms with van der Waals surface area (Å²) in [5.41, 5.74) is 2.16. The number of hydrogen-bond donors (Lipinski definition) is 2. The zero-order valence-electron chi connectivity index (χ0n) is 5.65. The maximum atomic E-state index is 11.3. The van der Waals surface area contributed by atoms with Crippen LogP contribution in [0.25, 0.3) is 0 Å². The van der Waals surface area contributed by atoms with E-state index in [-0.39, 0.29) is 25.6 Å². The Labute approximate surface area is 68.5 Å². The summed E-state index contributed by atoms with van der Waals surface area (Å²) in [4.78, 5) is 0. The summed E-state index contributed by atoms with van der Waals surface area (Å²) in [5.74, 6) is 4.77.